The van der Waals surface area contributed by atoms with Crippen molar-refractivity contribution in [3.8, 4) is 22.6 Å². The quantitative estimate of drug-likeness (QED) is 0.489. The van der Waals surface area contributed by atoms with Crippen LogP contribution in [0, 0.1) is 0 Å². The Balaban J connectivity index is 1.47. The summed E-state index contributed by atoms with van der Waals surface area (Å²) < 4.78 is 11.3. The van der Waals surface area contributed by atoms with Crippen molar-refractivity contribution in [3.63, 3.8) is 0 Å². The van der Waals surface area contributed by atoms with Crippen molar-refractivity contribution in [1.82, 2.24) is 10.9 Å². The van der Waals surface area contributed by atoms with Crippen molar-refractivity contribution < 1.29 is 19.1 Å². The van der Waals surface area contributed by atoms with E-state index in [0.717, 1.165) is 23.1 Å². The van der Waals surface area contributed by atoms with E-state index in [4.69, 9.17) is 9.47 Å². The highest BCUT2D eigenvalue weighted by atomic mass is 16.5. The first-order valence-corrected chi connectivity index (χ1v) is 10.6. The fourth-order valence-electron chi connectivity index (χ4n) is 3.19. The second-order valence-electron chi connectivity index (χ2n) is 7.38. The molecule has 0 bridgehead atoms. The van der Waals surface area contributed by atoms with Crippen LogP contribution < -0.4 is 20.3 Å². The second kappa shape index (κ2) is 11.6. The van der Waals surface area contributed by atoms with Gasteiger partial charge in [-0.1, -0.05) is 80.6 Å². The van der Waals surface area contributed by atoms with Gasteiger partial charge in [-0.05, 0) is 35.6 Å². The molecule has 3 aromatic carbocycles. The Labute approximate surface area is 188 Å². The van der Waals surface area contributed by atoms with E-state index in [1.807, 2.05) is 72.8 Å². The van der Waals surface area contributed by atoms with Gasteiger partial charge in [0.15, 0.2) is 13.2 Å². The lowest BCUT2D eigenvalue weighted by molar-refractivity contribution is -0.131. The minimum atomic E-state index is -0.471. The molecule has 0 aromatic heterocycles. The molecule has 0 aliphatic heterocycles. The maximum absolute atomic E-state index is 12.1. The van der Waals surface area contributed by atoms with Gasteiger partial charge in [0.1, 0.15) is 11.5 Å². The molecule has 6 heteroatoms. The summed E-state index contributed by atoms with van der Waals surface area (Å²) in [6.45, 7) is 3.77. The maximum Gasteiger partial charge on any atom is 0.276 e. The average Bonchev–Trinajstić information content (AvgIpc) is 2.85. The molecule has 0 heterocycles. The first-order valence-electron chi connectivity index (χ1n) is 10.6. The first-order chi connectivity index (χ1) is 15.6. The Hall–Kier alpha value is -3.80. The van der Waals surface area contributed by atoms with Gasteiger partial charge in [-0.3, -0.25) is 20.4 Å². The summed E-state index contributed by atoms with van der Waals surface area (Å²) in [5, 5.41) is 0. The molecule has 0 saturated heterocycles. The standard InChI is InChI=1S/C26H28N2O4/c1-3-19(2)21-13-7-9-15-23(21)31-17-25(29)27-28-26(30)18-32-24-16-10-8-14-22(24)20-11-5-4-6-12-20/h4-16,19H,3,17-18H2,1-2H3,(H,27,29)(H,28,30). The number of carbonyl (C=O) groups excluding carboxylic acids is 2. The lowest BCUT2D eigenvalue weighted by Gasteiger charge is -2.15. The predicted molar refractivity (Wildman–Crippen MR) is 124 cm³/mol. The normalized spacial score (nSPS) is 11.3. The van der Waals surface area contributed by atoms with Gasteiger partial charge in [0.05, 0.1) is 0 Å². The Bertz CT molecular complexity index is 1040. The van der Waals surface area contributed by atoms with Crippen molar-refractivity contribution in [2.24, 2.45) is 0 Å². The van der Waals surface area contributed by atoms with Crippen LogP contribution in [0.3, 0.4) is 0 Å². The molecule has 3 aromatic rings. The van der Waals surface area contributed by atoms with Gasteiger partial charge in [-0.25, -0.2) is 0 Å². The average molecular weight is 433 g/mol. The molecule has 0 spiro atoms. The van der Waals surface area contributed by atoms with Crippen molar-refractivity contribution >= 4 is 11.8 Å². The van der Waals surface area contributed by atoms with Gasteiger partial charge in [0, 0.05) is 5.56 Å². The van der Waals surface area contributed by atoms with E-state index in [-0.39, 0.29) is 13.2 Å². The fourth-order valence-corrected chi connectivity index (χ4v) is 3.19. The van der Waals surface area contributed by atoms with Crippen LogP contribution in [0.15, 0.2) is 78.9 Å². The Morgan fingerprint density at radius 1 is 0.750 bits per heavy atom. The van der Waals surface area contributed by atoms with Gasteiger partial charge in [-0.15, -0.1) is 0 Å². The van der Waals surface area contributed by atoms with Crippen LogP contribution in [0.4, 0.5) is 0 Å². The zero-order valence-corrected chi connectivity index (χ0v) is 18.3. The van der Waals surface area contributed by atoms with Crippen LogP contribution in [0.2, 0.25) is 0 Å². The number of hydrogen-bond acceptors (Lipinski definition) is 4. The van der Waals surface area contributed by atoms with E-state index in [9.17, 15) is 9.59 Å². The molecule has 0 radical (unpaired) electrons. The summed E-state index contributed by atoms with van der Waals surface area (Å²) >= 11 is 0. The van der Waals surface area contributed by atoms with Crippen LogP contribution in [-0.2, 0) is 9.59 Å². The number of ether oxygens (including phenoxy) is 2. The highest BCUT2D eigenvalue weighted by Gasteiger charge is 2.12. The molecule has 0 fully saturated rings. The fraction of sp³-hybridized carbons (Fsp3) is 0.231. The van der Waals surface area contributed by atoms with E-state index < -0.39 is 11.8 Å². The van der Waals surface area contributed by atoms with Crippen molar-refractivity contribution in [2.75, 3.05) is 13.2 Å². The van der Waals surface area contributed by atoms with E-state index in [1.54, 1.807) is 6.07 Å². The molecule has 166 valence electrons. The monoisotopic (exact) mass is 432 g/mol. The van der Waals surface area contributed by atoms with E-state index in [1.165, 1.54) is 0 Å². The minimum absolute atomic E-state index is 0.203. The highest BCUT2D eigenvalue weighted by Crippen LogP contribution is 2.29. The lowest BCUT2D eigenvalue weighted by Crippen LogP contribution is -2.45. The summed E-state index contributed by atoms with van der Waals surface area (Å²) in [6, 6.07) is 24.9. The van der Waals surface area contributed by atoms with Crippen LogP contribution in [0.25, 0.3) is 11.1 Å². The van der Waals surface area contributed by atoms with E-state index in [2.05, 4.69) is 24.7 Å². The molecular weight excluding hydrogens is 404 g/mol. The summed E-state index contributed by atoms with van der Waals surface area (Å²) in [4.78, 5) is 24.2. The number of amides is 2. The molecule has 0 aliphatic carbocycles. The number of carbonyl (C=O) groups is 2. The number of hydrazine groups is 1. The second-order valence-corrected chi connectivity index (χ2v) is 7.38. The van der Waals surface area contributed by atoms with Crippen LogP contribution in [0.5, 0.6) is 11.5 Å². The molecule has 1 atom stereocenters. The molecule has 2 N–H and O–H groups in total. The molecular formula is C26H28N2O4. The van der Waals surface area contributed by atoms with Gasteiger partial charge < -0.3 is 9.47 Å². The molecule has 0 saturated carbocycles. The van der Waals surface area contributed by atoms with Gasteiger partial charge >= 0.3 is 0 Å². The summed E-state index contributed by atoms with van der Waals surface area (Å²) in [5.74, 6) is 0.655. The van der Waals surface area contributed by atoms with E-state index >= 15 is 0 Å². The van der Waals surface area contributed by atoms with Crippen molar-refractivity contribution in [2.45, 2.75) is 26.2 Å². The molecule has 0 aliphatic rings. The zero-order chi connectivity index (χ0) is 22.8. The molecule has 6 nitrogen and oxygen atoms in total. The maximum atomic E-state index is 12.1. The Kier molecular flexibility index (Phi) is 8.26. The topological polar surface area (TPSA) is 76.7 Å². The highest BCUT2D eigenvalue weighted by molar-refractivity contribution is 5.83. The SMILES string of the molecule is CCC(C)c1ccccc1OCC(=O)NNC(=O)COc1ccccc1-c1ccccc1. The van der Waals surface area contributed by atoms with Gasteiger partial charge in [0.2, 0.25) is 0 Å². The third-order valence-corrected chi connectivity index (χ3v) is 5.09. The molecule has 3 rings (SSSR count). The zero-order valence-electron chi connectivity index (χ0n) is 18.3. The summed E-state index contributed by atoms with van der Waals surface area (Å²) in [6.07, 6.45) is 0.968. The largest absolute Gasteiger partial charge is 0.483 e. The smallest absolute Gasteiger partial charge is 0.276 e. The predicted octanol–water partition coefficient (Wildman–Crippen LogP) is 4.47. The number of hydrogen-bond donors (Lipinski definition) is 2. The van der Waals surface area contributed by atoms with Crippen LogP contribution >= 0.6 is 0 Å². The van der Waals surface area contributed by atoms with Crippen molar-refractivity contribution in [3.05, 3.63) is 84.4 Å². The van der Waals surface area contributed by atoms with Gasteiger partial charge in [0.25, 0.3) is 11.8 Å². The third kappa shape index (κ3) is 6.35. The van der Waals surface area contributed by atoms with Crippen LogP contribution in [0.1, 0.15) is 31.7 Å². The van der Waals surface area contributed by atoms with Gasteiger partial charge in [-0.2, -0.15) is 0 Å². The molecule has 2 amide bonds. The van der Waals surface area contributed by atoms with Crippen LogP contribution in [-0.4, -0.2) is 25.0 Å². The number of rotatable bonds is 9. The minimum Gasteiger partial charge on any atom is -0.483 e. The third-order valence-electron chi connectivity index (χ3n) is 5.09. The first kappa shape index (κ1) is 22.9. The summed E-state index contributed by atoms with van der Waals surface area (Å²) in [7, 11) is 0. The number of benzene rings is 3. The Morgan fingerprint density at radius 3 is 1.94 bits per heavy atom. The van der Waals surface area contributed by atoms with E-state index in [0.29, 0.717) is 17.4 Å². The lowest BCUT2D eigenvalue weighted by atomic mass is 9.98. The molecule has 32 heavy (non-hydrogen) atoms. The summed E-state index contributed by atoms with van der Waals surface area (Å²) in [5.41, 5.74) is 7.64. The molecule has 1 unspecified atom stereocenters. The van der Waals surface area contributed by atoms with Crippen molar-refractivity contribution in [1.29, 1.82) is 0 Å². The Morgan fingerprint density at radius 2 is 1.28 bits per heavy atom. The number of nitrogens with one attached hydrogen (secondary N) is 2. The number of para-hydroxylation sites is 2.